The van der Waals surface area contributed by atoms with E-state index in [1.807, 2.05) is 0 Å². The Bertz CT molecular complexity index is 213. The Morgan fingerprint density at radius 1 is 1.38 bits per heavy atom. The molecule has 3 unspecified atom stereocenters. The molecule has 2 saturated carbocycles. The van der Waals surface area contributed by atoms with Crippen molar-refractivity contribution in [3.8, 4) is 0 Å². The standard InChI is InChI=1S/C9H13F3O/c10-9(11,12)7-5-8(3-4-13)2-1-6(7)8/h6-7,13H,1-5H2. The number of hydrogen-bond donors (Lipinski definition) is 1. The normalized spacial score (nSPS) is 43.4. The van der Waals surface area contributed by atoms with Gasteiger partial charge in [0.1, 0.15) is 0 Å². The van der Waals surface area contributed by atoms with Gasteiger partial charge in [-0.3, -0.25) is 0 Å². The number of halogens is 3. The number of aliphatic hydroxyl groups excluding tert-OH is 1. The molecule has 0 saturated heterocycles. The van der Waals surface area contributed by atoms with E-state index in [1.54, 1.807) is 0 Å². The Balaban J connectivity index is 1.97. The van der Waals surface area contributed by atoms with Crippen molar-refractivity contribution in [2.45, 2.75) is 31.9 Å². The molecule has 2 aliphatic carbocycles. The van der Waals surface area contributed by atoms with Crippen molar-refractivity contribution in [2.24, 2.45) is 17.3 Å². The Kier molecular flexibility index (Phi) is 1.88. The maximum atomic E-state index is 12.3. The number of hydrogen-bond acceptors (Lipinski definition) is 1. The molecule has 1 N–H and O–H groups in total. The van der Waals surface area contributed by atoms with Crippen molar-refractivity contribution in [1.82, 2.24) is 0 Å². The molecule has 2 rings (SSSR count). The first-order valence-electron chi connectivity index (χ1n) is 4.67. The highest BCUT2D eigenvalue weighted by Gasteiger charge is 2.66. The molecule has 0 aliphatic heterocycles. The van der Waals surface area contributed by atoms with Gasteiger partial charge in [-0.05, 0) is 37.0 Å². The SMILES string of the molecule is OCCC12CCC1C(C(F)(F)F)C2. The molecule has 1 nitrogen and oxygen atoms in total. The molecular formula is C9H13F3O. The minimum atomic E-state index is -4.01. The molecule has 2 aliphatic rings. The van der Waals surface area contributed by atoms with Crippen LogP contribution in [0.2, 0.25) is 0 Å². The Hall–Kier alpha value is -0.250. The van der Waals surface area contributed by atoms with Crippen LogP contribution in [0.5, 0.6) is 0 Å². The van der Waals surface area contributed by atoms with Gasteiger partial charge >= 0.3 is 6.18 Å². The number of aliphatic hydroxyl groups is 1. The molecule has 0 aromatic carbocycles. The first-order chi connectivity index (χ1) is 5.99. The second-order valence-electron chi connectivity index (χ2n) is 4.33. The first kappa shape index (κ1) is 9.31. The molecule has 76 valence electrons. The molecule has 0 aromatic heterocycles. The maximum Gasteiger partial charge on any atom is 0.392 e. The Morgan fingerprint density at radius 3 is 2.38 bits per heavy atom. The third kappa shape index (κ3) is 1.18. The van der Waals surface area contributed by atoms with Crippen LogP contribution in [-0.4, -0.2) is 17.9 Å². The van der Waals surface area contributed by atoms with Gasteiger partial charge in [0.05, 0.1) is 5.92 Å². The van der Waals surface area contributed by atoms with E-state index < -0.39 is 12.1 Å². The molecule has 0 amide bonds. The zero-order valence-corrected chi connectivity index (χ0v) is 7.27. The average molecular weight is 194 g/mol. The zero-order chi connectivity index (χ0) is 9.69. The van der Waals surface area contributed by atoms with Crippen LogP contribution in [0.4, 0.5) is 13.2 Å². The van der Waals surface area contributed by atoms with Gasteiger partial charge in [-0.15, -0.1) is 0 Å². The summed E-state index contributed by atoms with van der Waals surface area (Å²) in [6, 6.07) is 0. The number of rotatable bonds is 2. The third-order valence-electron chi connectivity index (χ3n) is 3.88. The maximum absolute atomic E-state index is 12.3. The van der Waals surface area contributed by atoms with Gasteiger partial charge in [0, 0.05) is 6.61 Å². The van der Waals surface area contributed by atoms with Crippen LogP contribution >= 0.6 is 0 Å². The van der Waals surface area contributed by atoms with E-state index in [0.29, 0.717) is 12.8 Å². The lowest BCUT2D eigenvalue weighted by Crippen LogP contribution is -2.60. The van der Waals surface area contributed by atoms with Crippen molar-refractivity contribution in [2.75, 3.05) is 6.61 Å². The van der Waals surface area contributed by atoms with Gasteiger partial charge in [-0.1, -0.05) is 0 Å². The van der Waals surface area contributed by atoms with E-state index >= 15 is 0 Å². The topological polar surface area (TPSA) is 20.2 Å². The monoisotopic (exact) mass is 194 g/mol. The van der Waals surface area contributed by atoms with E-state index in [9.17, 15) is 13.2 Å². The van der Waals surface area contributed by atoms with Crippen LogP contribution in [0.15, 0.2) is 0 Å². The van der Waals surface area contributed by atoms with Gasteiger partial charge in [-0.2, -0.15) is 13.2 Å². The highest BCUT2D eigenvalue weighted by atomic mass is 19.4. The van der Waals surface area contributed by atoms with Crippen LogP contribution in [0.1, 0.15) is 25.7 Å². The minimum absolute atomic E-state index is 0.0288. The highest BCUT2D eigenvalue weighted by Crippen LogP contribution is 2.69. The fourth-order valence-electron chi connectivity index (χ4n) is 3.00. The lowest BCUT2D eigenvalue weighted by molar-refractivity contribution is -0.285. The van der Waals surface area contributed by atoms with Crippen LogP contribution < -0.4 is 0 Å². The van der Waals surface area contributed by atoms with E-state index in [-0.39, 0.29) is 24.4 Å². The van der Waals surface area contributed by atoms with Crippen LogP contribution in [0.3, 0.4) is 0 Å². The lowest BCUT2D eigenvalue weighted by Gasteiger charge is -2.63. The van der Waals surface area contributed by atoms with Gasteiger partial charge < -0.3 is 5.11 Å². The van der Waals surface area contributed by atoms with Gasteiger partial charge in [0.2, 0.25) is 0 Å². The minimum Gasteiger partial charge on any atom is -0.396 e. The predicted molar refractivity (Wildman–Crippen MR) is 41.0 cm³/mol. The van der Waals surface area contributed by atoms with Crippen molar-refractivity contribution < 1.29 is 18.3 Å². The van der Waals surface area contributed by atoms with Crippen molar-refractivity contribution >= 4 is 0 Å². The zero-order valence-electron chi connectivity index (χ0n) is 7.27. The fourth-order valence-corrected chi connectivity index (χ4v) is 3.00. The third-order valence-corrected chi connectivity index (χ3v) is 3.88. The molecule has 0 bridgehead atoms. The molecule has 3 atom stereocenters. The molecular weight excluding hydrogens is 181 g/mol. The number of alkyl halides is 3. The Morgan fingerprint density at radius 2 is 2.08 bits per heavy atom. The predicted octanol–water partition coefficient (Wildman–Crippen LogP) is 2.35. The molecule has 4 heteroatoms. The summed E-state index contributed by atoms with van der Waals surface area (Å²) in [5, 5.41) is 8.73. The molecule has 0 spiro atoms. The van der Waals surface area contributed by atoms with Crippen molar-refractivity contribution in [1.29, 1.82) is 0 Å². The van der Waals surface area contributed by atoms with Crippen LogP contribution in [0.25, 0.3) is 0 Å². The summed E-state index contributed by atoms with van der Waals surface area (Å²) in [5.41, 5.74) is -0.130. The second kappa shape index (κ2) is 2.62. The van der Waals surface area contributed by atoms with E-state index in [4.69, 9.17) is 5.11 Å². The van der Waals surface area contributed by atoms with E-state index in [1.165, 1.54) is 0 Å². The van der Waals surface area contributed by atoms with E-state index in [0.717, 1.165) is 6.42 Å². The first-order valence-corrected chi connectivity index (χ1v) is 4.67. The quantitative estimate of drug-likeness (QED) is 0.715. The summed E-state index contributed by atoms with van der Waals surface area (Å²) in [5.74, 6) is -1.26. The second-order valence-corrected chi connectivity index (χ2v) is 4.33. The van der Waals surface area contributed by atoms with E-state index in [2.05, 4.69) is 0 Å². The summed E-state index contributed by atoms with van der Waals surface area (Å²) >= 11 is 0. The summed E-state index contributed by atoms with van der Waals surface area (Å²) in [6.45, 7) is 0.0288. The van der Waals surface area contributed by atoms with Crippen molar-refractivity contribution in [3.63, 3.8) is 0 Å². The summed E-state index contributed by atoms with van der Waals surface area (Å²) < 4.78 is 36.9. The molecule has 2 fully saturated rings. The fraction of sp³-hybridized carbons (Fsp3) is 1.00. The van der Waals surface area contributed by atoms with Gasteiger partial charge in [-0.25, -0.2) is 0 Å². The number of fused-ring (bicyclic) bond motifs is 1. The summed E-state index contributed by atoms with van der Waals surface area (Å²) in [7, 11) is 0. The molecule has 0 aromatic rings. The average Bonchev–Trinajstić information content (AvgIpc) is 1.99. The van der Waals surface area contributed by atoms with Gasteiger partial charge in [0.15, 0.2) is 0 Å². The summed E-state index contributed by atoms with van der Waals surface area (Å²) in [4.78, 5) is 0. The molecule has 0 radical (unpaired) electrons. The smallest absolute Gasteiger partial charge is 0.392 e. The highest BCUT2D eigenvalue weighted by molar-refractivity contribution is 5.09. The van der Waals surface area contributed by atoms with Crippen molar-refractivity contribution in [3.05, 3.63) is 0 Å². The van der Waals surface area contributed by atoms with Crippen LogP contribution in [0, 0.1) is 17.3 Å². The van der Waals surface area contributed by atoms with Gasteiger partial charge in [0.25, 0.3) is 0 Å². The summed E-state index contributed by atoms with van der Waals surface area (Å²) in [6.07, 6.45) is -1.62. The lowest BCUT2D eigenvalue weighted by atomic mass is 9.41. The molecule has 13 heavy (non-hydrogen) atoms. The van der Waals surface area contributed by atoms with Crippen LogP contribution in [-0.2, 0) is 0 Å². The Labute approximate surface area is 74.9 Å². The molecule has 0 heterocycles. The largest absolute Gasteiger partial charge is 0.396 e.